The lowest BCUT2D eigenvalue weighted by molar-refractivity contribution is 0.445. The first-order valence-corrected chi connectivity index (χ1v) is 9.86. The summed E-state index contributed by atoms with van der Waals surface area (Å²) in [7, 11) is 0. The SMILES string of the molecule is Cc1cc(C=Nc2ccccc2Sc2ccccc2)c(O)c(C(C)(C)C)c1. The molecule has 0 aliphatic carbocycles. The number of hydrogen-bond acceptors (Lipinski definition) is 3. The monoisotopic (exact) mass is 375 g/mol. The number of aromatic hydroxyl groups is 1. The highest BCUT2D eigenvalue weighted by atomic mass is 32.2. The van der Waals surface area contributed by atoms with Crippen LogP contribution in [0.5, 0.6) is 5.75 Å². The quantitative estimate of drug-likeness (QED) is 0.503. The molecular formula is C24H25NOS. The van der Waals surface area contributed by atoms with Crippen molar-refractivity contribution in [1.29, 1.82) is 0 Å². The Kier molecular flexibility index (Phi) is 5.71. The number of para-hydroxylation sites is 1. The number of rotatable bonds is 4. The standard InChI is InChI=1S/C24H25NOS/c1-17-14-18(23(26)20(15-17)24(2,3)4)16-25-21-12-8-9-13-22(21)27-19-10-6-5-7-11-19/h5-16,26H,1-4H3. The van der Waals surface area contributed by atoms with Gasteiger partial charge in [-0.1, -0.05) is 68.9 Å². The first-order chi connectivity index (χ1) is 12.8. The Hall–Kier alpha value is -2.52. The molecule has 0 fully saturated rings. The van der Waals surface area contributed by atoms with Crippen molar-refractivity contribution in [2.24, 2.45) is 4.99 Å². The predicted octanol–water partition coefficient (Wildman–Crippen LogP) is 6.90. The molecule has 3 aromatic carbocycles. The average Bonchev–Trinajstić information content (AvgIpc) is 2.63. The zero-order chi connectivity index (χ0) is 19.4. The van der Waals surface area contributed by atoms with Crippen LogP contribution in [0.25, 0.3) is 0 Å². The maximum Gasteiger partial charge on any atom is 0.128 e. The Labute approximate surface area is 166 Å². The molecule has 0 saturated heterocycles. The number of aliphatic imine (C=N–C) groups is 1. The van der Waals surface area contributed by atoms with Crippen molar-refractivity contribution in [2.45, 2.75) is 42.9 Å². The average molecular weight is 376 g/mol. The molecule has 27 heavy (non-hydrogen) atoms. The van der Waals surface area contributed by atoms with Crippen molar-refractivity contribution in [2.75, 3.05) is 0 Å². The minimum atomic E-state index is -0.125. The fourth-order valence-electron chi connectivity index (χ4n) is 2.88. The topological polar surface area (TPSA) is 32.6 Å². The van der Waals surface area contributed by atoms with Crippen molar-refractivity contribution < 1.29 is 5.11 Å². The van der Waals surface area contributed by atoms with Gasteiger partial charge < -0.3 is 5.11 Å². The molecule has 3 aromatic rings. The van der Waals surface area contributed by atoms with Gasteiger partial charge in [-0.25, -0.2) is 0 Å². The Morgan fingerprint density at radius 3 is 2.30 bits per heavy atom. The van der Waals surface area contributed by atoms with Gasteiger partial charge in [-0.3, -0.25) is 4.99 Å². The second-order valence-electron chi connectivity index (χ2n) is 7.64. The maximum atomic E-state index is 10.7. The van der Waals surface area contributed by atoms with E-state index in [1.54, 1.807) is 18.0 Å². The van der Waals surface area contributed by atoms with E-state index in [4.69, 9.17) is 4.99 Å². The van der Waals surface area contributed by atoms with Crippen molar-refractivity contribution in [3.05, 3.63) is 83.4 Å². The summed E-state index contributed by atoms with van der Waals surface area (Å²) in [6.45, 7) is 8.36. The summed E-state index contributed by atoms with van der Waals surface area (Å²) in [6, 6.07) is 22.4. The molecule has 0 unspecified atom stereocenters. The van der Waals surface area contributed by atoms with E-state index in [9.17, 15) is 5.11 Å². The van der Waals surface area contributed by atoms with Crippen molar-refractivity contribution >= 4 is 23.7 Å². The van der Waals surface area contributed by atoms with Crippen LogP contribution >= 0.6 is 11.8 Å². The van der Waals surface area contributed by atoms with Crippen molar-refractivity contribution in [3.63, 3.8) is 0 Å². The Morgan fingerprint density at radius 1 is 0.926 bits per heavy atom. The van der Waals surface area contributed by atoms with E-state index in [0.29, 0.717) is 5.75 Å². The molecule has 0 bridgehead atoms. The largest absolute Gasteiger partial charge is 0.507 e. The summed E-state index contributed by atoms with van der Waals surface area (Å²) >= 11 is 1.69. The normalized spacial score (nSPS) is 11.9. The summed E-state index contributed by atoms with van der Waals surface area (Å²) < 4.78 is 0. The van der Waals surface area contributed by atoms with Crippen LogP contribution in [0.4, 0.5) is 5.69 Å². The van der Waals surface area contributed by atoms with Crippen molar-refractivity contribution in [1.82, 2.24) is 0 Å². The van der Waals surface area contributed by atoms with Gasteiger partial charge in [-0.2, -0.15) is 0 Å². The molecule has 0 atom stereocenters. The third-order valence-electron chi connectivity index (χ3n) is 4.27. The van der Waals surface area contributed by atoms with E-state index in [1.165, 1.54) is 4.90 Å². The molecule has 0 aliphatic heterocycles. The van der Waals surface area contributed by atoms with E-state index < -0.39 is 0 Å². The summed E-state index contributed by atoms with van der Waals surface area (Å²) in [4.78, 5) is 6.95. The Balaban J connectivity index is 1.95. The molecule has 0 aliphatic rings. The zero-order valence-electron chi connectivity index (χ0n) is 16.2. The molecule has 3 rings (SSSR count). The van der Waals surface area contributed by atoms with Crippen LogP contribution in [0.15, 0.2) is 81.5 Å². The molecule has 2 nitrogen and oxygen atoms in total. The molecular weight excluding hydrogens is 350 g/mol. The second kappa shape index (κ2) is 8.01. The lowest BCUT2D eigenvalue weighted by Crippen LogP contribution is -2.12. The summed E-state index contributed by atoms with van der Waals surface area (Å²) in [5.74, 6) is 0.310. The van der Waals surface area contributed by atoms with Crippen LogP contribution in [0.2, 0.25) is 0 Å². The smallest absolute Gasteiger partial charge is 0.128 e. The molecule has 1 N–H and O–H groups in total. The highest BCUT2D eigenvalue weighted by molar-refractivity contribution is 7.99. The lowest BCUT2D eigenvalue weighted by Gasteiger charge is -2.22. The van der Waals surface area contributed by atoms with Crippen molar-refractivity contribution in [3.8, 4) is 5.75 Å². The van der Waals surface area contributed by atoms with E-state index in [-0.39, 0.29) is 5.41 Å². The fraction of sp³-hybridized carbons (Fsp3) is 0.208. The highest BCUT2D eigenvalue weighted by Crippen LogP contribution is 2.36. The molecule has 0 aromatic heterocycles. The van der Waals surface area contributed by atoms with Crippen LogP contribution in [0.1, 0.15) is 37.5 Å². The van der Waals surface area contributed by atoms with Gasteiger partial charge in [-0.15, -0.1) is 0 Å². The summed E-state index contributed by atoms with van der Waals surface area (Å²) in [5.41, 5.74) is 3.57. The van der Waals surface area contributed by atoms with Gasteiger partial charge in [0, 0.05) is 27.1 Å². The minimum absolute atomic E-state index is 0.125. The van der Waals surface area contributed by atoms with E-state index >= 15 is 0 Å². The zero-order valence-corrected chi connectivity index (χ0v) is 17.0. The van der Waals surface area contributed by atoms with E-state index in [2.05, 4.69) is 39.0 Å². The van der Waals surface area contributed by atoms with E-state index in [0.717, 1.165) is 27.3 Å². The molecule has 0 heterocycles. The maximum absolute atomic E-state index is 10.7. The van der Waals surface area contributed by atoms with Crippen LogP contribution in [-0.2, 0) is 5.41 Å². The van der Waals surface area contributed by atoms with Crippen LogP contribution in [-0.4, -0.2) is 11.3 Å². The van der Waals surface area contributed by atoms with Crippen LogP contribution in [0, 0.1) is 6.92 Å². The molecule has 0 amide bonds. The van der Waals surface area contributed by atoms with Crippen LogP contribution < -0.4 is 0 Å². The van der Waals surface area contributed by atoms with Gasteiger partial charge in [0.05, 0.1) is 5.69 Å². The Bertz CT molecular complexity index is 956. The number of aryl methyl sites for hydroxylation is 1. The lowest BCUT2D eigenvalue weighted by atomic mass is 9.84. The third-order valence-corrected chi connectivity index (χ3v) is 5.34. The molecule has 3 heteroatoms. The van der Waals surface area contributed by atoms with Gasteiger partial charge >= 0.3 is 0 Å². The Morgan fingerprint density at radius 2 is 1.59 bits per heavy atom. The van der Waals surface area contributed by atoms with Gasteiger partial charge in [0.2, 0.25) is 0 Å². The highest BCUT2D eigenvalue weighted by Gasteiger charge is 2.20. The van der Waals surface area contributed by atoms with Gasteiger partial charge in [0.1, 0.15) is 5.75 Å². The van der Waals surface area contributed by atoms with Crippen LogP contribution in [0.3, 0.4) is 0 Å². The first-order valence-electron chi connectivity index (χ1n) is 9.05. The first kappa shape index (κ1) is 19.2. The molecule has 0 spiro atoms. The number of phenols is 1. The molecule has 138 valence electrons. The second-order valence-corrected chi connectivity index (χ2v) is 8.76. The molecule has 0 saturated carbocycles. The number of nitrogens with zero attached hydrogens (tertiary/aromatic N) is 1. The number of benzene rings is 3. The predicted molar refractivity (Wildman–Crippen MR) is 116 cm³/mol. The number of phenolic OH excluding ortho intramolecular Hbond substituents is 1. The molecule has 0 radical (unpaired) electrons. The summed E-state index contributed by atoms with van der Waals surface area (Å²) in [5, 5.41) is 10.7. The number of hydrogen-bond donors (Lipinski definition) is 1. The minimum Gasteiger partial charge on any atom is -0.507 e. The summed E-state index contributed by atoms with van der Waals surface area (Å²) in [6.07, 6.45) is 1.77. The fourth-order valence-corrected chi connectivity index (χ4v) is 3.80. The van der Waals surface area contributed by atoms with Gasteiger partial charge in [-0.05, 0) is 48.2 Å². The third kappa shape index (κ3) is 4.81. The van der Waals surface area contributed by atoms with Gasteiger partial charge in [0.15, 0.2) is 0 Å². The van der Waals surface area contributed by atoms with Gasteiger partial charge in [0.25, 0.3) is 0 Å². The van der Waals surface area contributed by atoms with E-state index in [1.807, 2.05) is 55.5 Å².